The van der Waals surface area contributed by atoms with Gasteiger partial charge in [-0.3, -0.25) is 4.79 Å². The molecule has 2 aromatic carbocycles. The Labute approximate surface area is 181 Å². The maximum absolute atomic E-state index is 12.7. The van der Waals surface area contributed by atoms with Gasteiger partial charge in [0.2, 0.25) is 16.4 Å². The molecule has 1 aliphatic heterocycles. The highest BCUT2D eigenvalue weighted by Crippen LogP contribution is 2.42. The van der Waals surface area contributed by atoms with Crippen molar-refractivity contribution in [3.63, 3.8) is 0 Å². The largest absolute Gasteiger partial charge is 0.396 e. The molecule has 0 spiro atoms. The number of aliphatic hydroxyl groups is 1. The topological polar surface area (TPSA) is 90.0 Å². The summed E-state index contributed by atoms with van der Waals surface area (Å²) < 4.78 is 26.6. The summed E-state index contributed by atoms with van der Waals surface area (Å²) >= 11 is 1.38. The SMILES string of the molecule is CC1=C(NC=O)N(S(C)(=O)=O)C(N(Cc2ccccc2)c2ccc(CCO)cc2)S1. The third-order valence-corrected chi connectivity index (χ3v) is 7.17. The molecular formula is C21H25N3O4S2. The van der Waals surface area contributed by atoms with E-state index in [0.717, 1.165) is 23.1 Å². The van der Waals surface area contributed by atoms with Gasteiger partial charge >= 0.3 is 0 Å². The van der Waals surface area contributed by atoms with Crippen molar-refractivity contribution in [2.24, 2.45) is 0 Å². The standard InChI is InChI=1S/C21H25N3O4S2/c1-16-20(22-15-26)24(30(2,27)28)21(29-16)23(14-18-6-4-3-5-7-18)19-10-8-17(9-11-19)12-13-25/h3-11,15,21,25H,12-14H2,1-2H3,(H,22,26). The van der Waals surface area contributed by atoms with Gasteiger partial charge in [0.15, 0.2) is 5.50 Å². The lowest BCUT2D eigenvalue weighted by atomic mass is 10.1. The molecular weight excluding hydrogens is 422 g/mol. The van der Waals surface area contributed by atoms with Gasteiger partial charge in [0.05, 0.1) is 6.26 Å². The van der Waals surface area contributed by atoms with Crippen molar-refractivity contribution in [2.45, 2.75) is 25.4 Å². The van der Waals surface area contributed by atoms with Gasteiger partial charge in [-0.15, -0.1) is 0 Å². The zero-order chi connectivity index (χ0) is 21.7. The molecule has 7 nitrogen and oxygen atoms in total. The number of amides is 1. The predicted octanol–water partition coefficient (Wildman–Crippen LogP) is 2.46. The van der Waals surface area contributed by atoms with Gasteiger partial charge in [0.1, 0.15) is 5.82 Å². The number of hydrogen-bond donors (Lipinski definition) is 2. The molecule has 160 valence electrons. The number of aliphatic hydroxyl groups excluding tert-OH is 1. The van der Waals surface area contributed by atoms with Gasteiger partial charge in [0, 0.05) is 23.7 Å². The Morgan fingerprint density at radius 3 is 2.37 bits per heavy atom. The molecule has 1 amide bonds. The second-order valence-electron chi connectivity index (χ2n) is 6.92. The van der Waals surface area contributed by atoms with Crippen LogP contribution in [-0.2, 0) is 27.8 Å². The molecule has 9 heteroatoms. The third-order valence-electron chi connectivity index (χ3n) is 4.72. The fourth-order valence-corrected chi connectivity index (χ4v) is 6.06. The van der Waals surface area contributed by atoms with E-state index in [1.54, 1.807) is 6.92 Å². The maximum Gasteiger partial charge on any atom is 0.235 e. The van der Waals surface area contributed by atoms with E-state index in [1.165, 1.54) is 16.1 Å². The lowest BCUT2D eigenvalue weighted by molar-refractivity contribution is -0.109. The van der Waals surface area contributed by atoms with Gasteiger partial charge in [-0.25, -0.2) is 12.7 Å². The summed E-state index contributed by atoms with van der Waals surface area (Å²) in [5, 5.41) is 11.7. The molecule has 0 aliphatic carbocycles. The first-order valence-electron chi connectivity index (χ1n) is 9.42. The van der Waals surface area contributed by atoms with Crippen molar-refractivity contribution in [2.75, 3.05) is 17.8 Å². The van der Waals surface area contributed by atoms with E-state index in [1.807, 2.05) is 59.5 Å². The van der Waals surface area contributed by atoms with Crippen molar-refractivity contribution < 1.29 is 18.3 Å². The predicted molar refractivity (Wildman–Crippen MR) is 120 cm³/mol. The van der Waals surface area contributed by atoms with Crippen LogP contribution in [0.4, 0.5) is 5.69 Å². The second-order valence-corrected chi connectivity index (χ2v) is 10.1. The van der Waals surface area contributed by atoms with Crippen LogP contribution in [0.2, 0.25) is 0 Å². The maximum atomic E-state index is 12.7. The third kappa shape index (κ3) is 4.97. The van der Waals surface area contributed by atoms with Crippen LogP contribution < -0.4 is 10.2 Å². The molecule has 0 radical (unpaired) electrons. The normalized spacial score (nSPS) is 16.6. The van der Waals surface area contributed by atoms with Crippen LogP contribution in [0.15, 0.2) is 65.3 Å². The number of sulfonamides is 1. The average Bonchev–Trinajstić information content (AvgIpc) is 3.05. The Balaban J connectivity index is 2.03. The van der Waals surface area contributed by atoms with Crippen LogP contribution in [0.3, 0.4) is 0 Å². The molecule has 1 heterocycles. The Bertz CT molecular complexity index is 1010. The molecule has 1 atom stereocenters. The summed E-state index contributed by atoms with van der Waals surface area (Å²) in [6.45, 7) is 2.34. The molecule has 0 fully saturated rings. The number of hydrogen-bond acceptors (Lipinski definition) is 6. The Morgan fingerprint density at radius 2 is 1.80 bits per heavy atom. The fraction of sp³-hybridized carbons (Fsp3) is 0.286. The van der Waals surface area contributed by atoms with Crippen LogP contribution in [0.5, 0.6) is 0 Å². The van der Waals surface area contributed by atoms with E-state index in [2.05, 4.69) is 5.32 Å². The summed E-state index contributed by atoms with van der Waals surface area (Å²) in [7, 11) is -3.66. The summed E-state index contributed by atoms with van der Waals surface area (Å²) in [5.74, 6) is 0.275. The monoisotopic (exact) mass is 447 g/mol. The van der Waals surface area contributed by atoms with Crippen molar-refractivity contribution in [3.8, 4) is 0 Å². The number of benzene rings is 2. The molecule has 0 saturated heterocycles. The van der Waals surface area contributed by atoms with Crippen LogP contribution in [0, 0.1) is 0 Å². The van der Waals surface area contributed by atoms with Crippen molar-refractivity contribution >= 4 is 33.9 Å². The summed E-state index contributed by atoms with van der Waals surface area (Å²) in [6.07, 6.45) is 2.18. The number of carbonyl (C=O) groups excluding carboxylic acids is 1. The first-order valence-corrected chi connectivity index (χ1v) is 12.2. The lowest BCUT2D eigenvalue weighted by Crippen LogP contribution is -2.47. The van der Waals surface area contributed by atoms with E-state index in [4.69, 9.17) is 0 Å². The van der Waals surface area contributed by atoms with Crippen LogP contribution in [-0.4, -0.2) is 42.6 Å². The summed E-state index contributed by atoms with van der Waals surface area (Å²) in [5.41, 5.74) is 2.27. The van der Waals surface area contributed by atoms with Crippen LogP contribution in [0.25, 0.3) is 0 Å². The number of anilines is 1. The Morgan fingerprint density at radius 1 is 1.13 bits per heavy atom. The smallest absolute Gasteiger partial charge is 0.235 e. The van der Waals surface area contributed by atoms with Crippen molar-refractivity contribution in [1.82, 2.24) is 9.62 Å². The minimum Gasteiger partial charge on any atom is -0.396 e. The number of nitrogens with zero attached hydrogens (tertiary/aromatic N) is 2. The van der Waals surface area contributed by atoms with E-state index in [-0.39, 0.29) is 12.4 Å². The van der Waals surface area contributed by atoms with Gasteiger partial charge in [-0.05, 0) is 36.6 Å². The first-order chi connectivity index (χ1) is 14.3. The van der Waals surface area contributed by atoms with E-state index < -0.39 is 15.5 Å². The highest BCUT2D eigenvalue weighted by atomic mass is 32.2. The van der Waals surface area contributed by atoms with Crippen LogP contribution >= 0.6 is 11.8 Å². The molecule has 1 unspecified atom stereocenters. The van der Waals surface area contributed by atoms with Gasteiger partial charge in [0.25, 0.3) is 0 Å². The van der Waals surface area contributed by atoms with Gasteiger partial charge < -0.3 is 15.3 Å². The summed E-state index contributed by atoms with van der Waals surface area (Å²) in [4.78, 5) is 13.8. The molecule has 0 bridgehead atoms. The molecule has 2 aromatic rings. The number of thioether (sulfide) groups is 1. The second kappa shape index (κ2) is 9.55. The highest BCUT2D eigenvalue weighted by molar-refractivity contribution is 8.04. The Hall–Kier alpha value is -2.49. The Kier molecular flexibility index (Phi) is 7.06. The number of carbonyl (C=O) groups is 1. The zero-order valence-corrected chi connectivity index (χ0v) is 18.5. The fourth-order valence-electron chi connectivity index (χ4n) is 3.33. The number of nitrogens with one attached hydrogen (secondary N) is 1. The quantitative estimate of drug-likeness (QED) is 0.574. The number of rotatable bonds is 9. The lowest BCUT2D eigenvalue weighted by Gasteiger charge is -2.36. The molecule has 30 heavy (non-hydrogen) atoms. The molecule has 0 saturated carbocycles. The van der Waals surface area contributed by atoms with E-state index >= 15 is 0 Å². The summed E-state index contributed by atoms with van der Waals surface area (Å²) in [6, 6.07) is 17.5. The highest BCUT2D eigenvalue weighted by Gasteiger charge is 2.40. The zero-order valence-electron chi connectivity index (χ0n) is 16.9. The van der Waals surface area contributed by atoms with Gasteiger partial charge in [-0.2, -0.15) is 0 Å². The van der Waals surface area contributed by atoms with E-state index in [9.17, 15) is 18.3 Å². The molecule has 0 aromatic heterocycles. The molecule has 1 aliphatic rings. The number of allylic oxidation sites excluding steroid dienone is 1. The van der Waals surface area contributed by atoms with Crippen molar-refractivity contribution in [3.05, 3.63) is 76.5 Å². The van der Waals surface area contributed by atoms with Crippen LogP contribution in [0.1, 0.15) is 18.1 Å². The minimum atomic E-state index is -3.66. The average molecular weight is 448 g/mol. The van der Waals surface area contributed by atoms with Gasteiger partial charge in [-0.1, -0.05) is 54.2 Å². The molecule has 2 N–H and O–H groups in total. The molecule has 3 rings (SSSR count). The van der Waals surface area contributed by atoms with Crippen molar-refractivity contribution in [1.29, 1.82) is 0 Å². The minimum absolute atomic E-state index is 0.0667. The first kappa shape index (κ1) is 22.2. The van der Waals surface area contributed by atoms with E-state index in [0.29, 0.717) is 24.3 Å².